The zero-order valence-electron chi connectivity index (χ0n) is 9.12. The molecule has 0 radical (unpaired) electrons. The molecule has 1 aliphatic carbocycles. The van der Waals surface area contributed by atoms with Gasteiger partial charge in [-0.15, -0.1) is 0 Å². The summed E-state index contributed by atoms with van der Waals surface area (Å²) < 4.78 is 13.7. The molecule has 1 aromatic rings. The Morgan fingerprint density at radius 3 is 2.82 bits per heavy atom. The highest BCUT2D eigenvalue weighted by Gasteiger charge is 2.22. The van der Waals surface area contributed by atoms with Crippen LogP contribution in [0.25, 0.3) is 0 Å². The van der Waals surface area contributed by atoms with Gasteiger partial charge in [0, 0.05) is 12.0 Å². The van der Waals surface area contributed by atoms with Crippen molar-refractivity contribution in [1.82, 2.24) is 0 Å². The summed E-state index contributed by atoms with van der Waals surface area (Å²) in [6, 6.07) is 4.39. The number of aliphatic hydroxyl groups is 1. The van der Waals surface area contributed by atoms with E-state index in [0.717, 1.165) is 12.8 Å². The van der Waals surface area contributed by atoms with Crippen LogP contribution >= 0.6 is 15.9 Å². The molecule has 0 aromatic heterocycles. The van der Waals surface area contributed by atoms with Gasteiger partial charge in [0.25, 0.3) is 0 Å². The molecule has 1 unspecified atom stereocenters. The molecule has 0 bridgehead atoms. The highest BCUT2D eigenvalue weighted by molar-refractivity contribution is 9.10. The van der Waals surface area contributed by atoms with E-state index in [1.807, 2.05) is 0 Å². The van der Waals surface area contributed by atoms with E-state index in [-0.39, 0.29) is 5.78 Å². The predicted octanol–water partition coefficient (Wildman–Crippen LogP) is 3.30. The van der Waals surface area contributed by atoms with Gasteiger partial charge in [-0.2, -0.15) is 0 Å². The number of carbonyl (C=O) groups is 1. The fraction of sp³-hybridized carbons (Fsp3) is 0.308. The first-order valence-electron chi connectivity index (χ1n) is 5.46. The van der Waals surface area contributed by atoms with E-state index < -0.39 is 11.9 Å². The molecule has 17 heavy (non-hydrogen) atoms. The summed E-state index contributed by atoms with van der Waals surface area (Å²) in [5, 5.41) is 10.1. The predicted molar refractivity (Wildman–Crippen MR) is 66.0 cm³/mol. The van der Waals surface area contributed by atoms with Crippen LogP contribution in [-0.2, 0) is 4.79 Å². The molecule has 1 aliphatic rings. The van der Waals surface area contributed by atoms with Gasteiger partial charge in [0.05, 0.1) is 4.47 Å². The number of halogens is 2. The maximum Gasteiger partial charge on any atom is 0.161 e. The van der Waals surface area contributed by atoms with Gasteiger partial charge >= 0.3 is 0 Å². The Morgan fingerprint density at radius 2 is 2.18 bits per heavy atom. The molecule has 4 heteroatoms. The summed E-state index contributed by atoms with van der Waals surface area (Å²) in [5.74, 6) is -0.488. The van der Waals surface area contributed by atoms with Crippen molar-refractivity contribution >= 4 is 21.7 Å². The smallest absolute Gasteiger partial charge is 0.161 e. The molecular formula is C13H12BrFO2. The third-order valence-electron chi connectivity index (χ3n) is 2.85. The number of ketones is 1. The van der Waals surface area contributed by atoms with E-state index in [9.17, 15) is 14.3 Å². The van der Waals surface area contributed by atoms with Crippen molar-refractivity contribution in [3.8, 4) is 0 Å². The summed E-state index contributed by atoms with van der Waals surface area (Å²) in [6.07, 6.45) is 2.80. The SMILES string of the molecule is O=C1CCCC=C1C(O)c1ccc(Br)c(F)c1. The standard InChI is InChI=1S/C13H12BrFO2/c14-10-6-5-8(7-11(10)15)13(17)9-3-1-2-4-12(9)16/h3,5-7,13,17H,1-2,4H2. The minimum Gasteiger partial charge on any atom is -0.384 e. The van der Waals surface area contributed by atoms with Crippen molar-refractivity contribution in [1.29, 1.82) is 0 Å². The molecule has 0 saturated carbocycles. The van der Waals surface area contributed by atoms with Gasteiger partial charge in [0.15, 0.2) is 5.78 Å². The van der Waals surface area contributed by atoms with Crippen LogP contribution in [0.3, 0.4) is 0 Å². The molecule has 0 heterocycles. The maximum absolute atomic E-state index is 13.3. The molecule has 2 rings (SSSR count). The minimum absolute atomic E-state index is 0.0490. The van der Waals surface area contributed by atoms with Crippen molar-refractivity contribution in [2.45, 2.75) is 25.4 Å². The first-order chi connectivity index (χ1) is 8.09. The molecule has 0 aliphatic heterocycles. The number of rotatable bonds is 2. The topological polar surface area (TPSA) is 37.3 Å². The molecular weight excluding hydrogens is 287 g/mol. The Labute approximate surface area is 107 Å². The van der Waals surface area contributed by atoms with Crippen LogP contribution in [0.5, 0.6) is 0 Å². The third-order valence-corrected chi connectivity index (χ3v) is 3.49. The van der Waals surface area contributed by atoms with Crippen LogP contribution in [0.1, 0.15) is 30.9 Å². The second kappa shape index (κ2) is 5.10. The van der Waals surface area contributed by atoms with E-state index in [1.54, 1.807) is 12.1 Å². The van der Waals surface area contributed by atoms with Crippen LogP contribution < -0.4 is 0 Å². The quantitative estimate of drug-likeness (QED) is 0.909. The van der Waals surface area contributed by atoms with Crippen molar-refractivity contribution < 1.29 is 14.3 Å². The maximum atomic E-state index is 13.3. The van der Waals surface area contributed by atoms with Crippen molar-refractivity contribution in [3.05, 3.63) is 45.7 Å². The van der Waals surface area contributed by atoms with Gasteiger partial charge in [0.1, 0.15) is 11.9 Å². The van der Waals surface area contributed by atoms with Crippen molar-refractivity contribution in [3.63, 3.8) is 0 Å². The van der Waals surface area contributed by atoms with Gasteiger partial charge in [0.2, 0.25) is 0 Å². The second-order valence-electron chi connectivity index (χ2n) is 4.05. The highest BCUT2D eigenvalue weighted by Crippen LogP contribution is 2.29. The van der Waals surface area contributed by atoms with Crippen molar-refractivity contribution in [2.24, 2.45) is 0 Å². The van der Waals surface area contributed by atoms with Crippen LogP contribution in [0.2, 0.25) is 0 Å². The highest BCUT2D eigenvalue weighted by atomic mass is 79.9. The zero-order chi connectivity index (χ0) is 12.4. The van der Waals surface area contributed by atoms with Crippen LogP contribution in [0.15, 0.2) is 34.3 Å². The Balaban J connectivity index is 2.30. The Kier molecular flexibility index (Phi) is 3.74. The molecule has 1 atom stereocenters. The van der Waals surface area contributed by atoms with Crippen LogP contribution in [0.4, 0.5) is 4.39 Å². The number of aliphatic hydroxyl groups excluding tert-OH is 1. The summed E-state index contributed by atoms with van der Waals surface area (Å²) in [4.78, 5) is 11.6. The Bertz CT molecular complexity index is 482. The number of hydrogen-bond donors (Lipinski definition) is 1. The fourth-order valence-electron chi connectivity index (χ4n) is 1.90. The Morgan fingerprint density at radius 1 is 1.41 bits per heavy atom. The fourth-order valence-corrected chi connectivity index (χ4v) is 2.15. The molecule has 0 amide bonds. The van der Waals surface area contributed by atoms with E-state index in [2.05, 4.69) is 15.9 Å². The van der Waals surface area contributed by atoms with E-state index in [1.165, 1.54) is 12.1 Å². The summed E-state index contributed by atoms with van der Waals surface area (Å²) >= 11 is 3.05. The lowest BCUT2D eigenvalue weighted by Crippen LogP contribution is -2.14. The average molecular weight is 299 g/mol. The van der Waals surface area contributed by atoms with Crippen LogP contribution in [-0.4, -0.2) is 10.9 Å². The number of benzene rings is 1. The second-order valence-corrected chi connectivity index (χ2v) is 4.91. The summed E-state index contributed by atoms with van der Waals surface area (Å²) in [5.41, 5.74) is 0.796. The first-order valence-corrected chi connectivity index (χ1v) is 6.25. The monoisotopic (exact) mass is 298 g/mol. The van der Waals surface area contributed by atoms with E-state index >= 15 is 0 Å². The van der Waals surface area contributed by atoms with E-state index in [4.69, 9.17) is 0 Å². The lowest BCUT2D eigenvalue weighted by Gasteiger charge is -2.18. The van der Waals surface area contributed by atoms with Gasteiger partial charge in [-0.3, -0.25) is 4.79 Å². The molecule has 1 N–H and O–H groups in total. The average Bonchev–Trinajstić information content (AvgIpc) is 2.32. The molecule has 0 saturated heterocycles. The molecule has 2 nitrogen and oxygen atoms in total. The van der Waals surface area contributed by atoms with Crippen molar-refractivity contribution in [2.75, 3.05) is 0 Å². The summed E-state index contributed by atoms with van der Waals surface area (Å²) in [7, 11) is 0. The largest absolute Gasteiger partial charge is 0.384 e. The van der Waals surface area contributed by atoms with Gasteiger partial charge in [-0.1, -0.05) is 12.1 Å². The van der Waals surface area contributed by atoms with Crippen LogP contribution in [0, 0.1) is 5.82 Å². The zero-order valence-corrected chi connectivity index (χ0v) is 10.7. The first kappa shape index (κ1) is 12.5. The minimum atomic E-state index is -1.02. The van der Waals surface area contributed by atoms with Gasteiger partial charge < -0.3 is 5.11 Å². The summed E-state index contributed by atoms with van der Waals surface area (Å²) in [6.45, 7) is 0. The Hall–Kier alpha value is -1.000. The number of allylic oxidation sites excluding steroid dienone is 1. The third kappa shape index (κ3) is 2.64. The molecule has 0 spiro atoms. The lowest BCUT2D eigenvalue weighted by atomic mass is 9.91. The molecule has 0 fully saturated rings. The van der Waals surface area contributed by atoms with Gasteiger partial charge in [-0.25, -0.2) is 4.39 Å². The molecule has 90 valence electrons. The van der Waals surface area contributed by atoms with Gasteiger partial charge in [-0.05, 0) is 46.5 Å². The molecule has 1 aromatic carbocycles. The normalized spacial score (nSPS) is 17.8. The number of carbonyl (C=O) groups excluding carboxylic acids is 1. The number of hydrogen-bond acceptors (Lipinski definition) is 2. The van der Waals surface area contributed by atoms with E-state index in [0.29, 0.717) is 22.0 Å². The number of Topliss-reactive ketones (excluding diaryl/α,β-unsaturated/α-hetero) is 1. The lowest BCUT2D eigenvalue weighted by molar-refractivity contribution is -0.117.